The second-order valence-electron chi connectivity index (χ2n) is 6.67. The summed E-state index contributed by atoms with van der Waals surface area (Å²) in [6, 6.07) is 25.5. The Morgan fingerprint density at radius 2 is 1.12 bits per heavy atom. The van der Waals surface area contributed by atoms with Crippen LogP contribution in [0.3, 0.4) is 0 Å². The van der Waals surface area contributed by atoms with E-state index in [0.717, 1.165) is 11.4 Å². The molecule has 2 heteroatoms. The first-order chi connectivity index (χ1) is 11.6. The van der Waals surface area contributed by atoms with E-state index in [1.807, 2.05) is 12.1 Å². The number of hydrogen-bond donors (Lipinski definition) is 0. The molecule has 0 saturated heterocycles. The highest BCUT2D eigenvalue weighted by atomic mass is 16.5. The van der Waals surface area contributed by atoms with E-state index in [1.54, 1.807) is 7.11 Å². The Kier molecular flexibility index (Phi) is 3.34. The second kappa shape index (κ2) is 5.41. The minimum Gasteiger partial charge on any atom is -0.495 e. The largest absolute Gasteiger partial charge is 0.495 e. The summed E-state index contributed by atoms with van der Waals surface area (Å²) in [5.74, 6) is 0.877. The molecule has 1 heterocycles. The van der Waals surface area contributed by atoms with Gasteiger partial charge in [0.05, 0.1) is 24.2 Å². The van der Waals surface area contributed by atoms with E-state index < -0.39 is 0 Å². The van der Waals surface area contributed by atoms with Crippen LogP contribution in [0.4, 0.5) is 17.1 Å². The van der Waals surface area contributed by atoms with Crippen LogP contribution in [-0.2, 0) is 5.41 Å². The maximum Gasteiger partial charge on any atom is 0.142 e. The van der Waals surface area contributed by atoms with Gasteiger partial charge < -0.3 is 9.64 Å². The molecule has 0 fully saturated rings. The Bertz CT molecular complexity index is 848. The predicted molar refractivity (Wildman–Crippen MR) is 99.8 cm³/mol. The van der Waals surface area contributed by atoms with Gasteiger partial charge in [0.1, 0.15) is 5.75 Å². The fourth-order valence-corrected chi connectivity index (χ4v) is 3.74. The van der Waals surface area contributed by atoms with Crippen molar-refractivity contribution in [3.63, 3.8) is 0 Å². The lowest BCUT2D eigenvalue weighted by Crippen LogP contribution is -2.30. The van der Waals surface area contributed by atoms with Crippen LogP contribution in [0.1, 0.15) is 25.0 Å². The maximum atomic E-state index is 5.64. The number of rotatable bonds is 2. The number of ether oxygens (including phenoxy) is 1. The number of fused-ring (bicyclic) bond motifs is 2. The average molecular weight is 315 g/mol. The molecule has 24 heavy (non-hydrogen) atoms. The van der Waals surface area contributed by atoms with E-state index in [1.165, 1.54) is 22.5 Å². The van der Waals surface area contributed by atoms with E-state index in [-0.39, 0.29) is 5.41 Å². The zero-order valence-corrected chi connectivity index (χ0v) is 14.3. The molecule has 0 amide bonds. The van der Waals surface area contributed by atoms with E-state index in [2.05, 4.69) is 79.4 Å². The molecule has 0 unspecified atom stereocenters. The molecule has 0 saturated carbocycles. The first kappa shape index (κ1) is 14.8. The molecule has 2 nitrogen and oxygen atoms in total. The summed E-state index contributed by atoms with van der Waals surface area (Å²) >= 11 is 0. The van der Waals surface area contributed by atoms with Crippen molar-refractivity contribution in [2.24, 2.45) is 0 Å². The summed E-state index contributed by atoms with van der Waals surface area (Å²) in [6.45, 7) is 4.59. The van der Waals surface area contributed by atoms with E-state index in [9.17, 15) is 0 Å². The summed E-state index contributed by atoms with van der Waals surface area (Å²) in [6.07, 6.45) is 0. The number of hydrogen-bond acceptors (Lipinski definition) is 2. The molecule has 0 bridgehead atoms. The van der Waals surface area contributed by atoms with Crippen molar-refractivity contribution in [2.45, 2.75) is 19.3 Å². The third kappa shape index (κ3) is 2.03. The van der Waals surface area contributed by atoms with Gasteiger partial charge in [0.2, 0.25) is 0 Å². The van der Waals surface area contributed by atoms with Crippen LogP contribution in [0, 0.1) is 0 Å². The Balaban J connectivity index is 2.06. The molecule has 1 aliphatic heterocycles. The van der Waals surface area contributed by atoms with Crippen molar-refractivity contribution in [3.05, 3.63) is 83.9 Å². The number of methoxy groups -OCH3 is 1. The molecule has 3 aromatic rings. The van der Waals surface area contributed by atoms with Gasteiger partial charge in [-0.25, -0.2) is 0 Å². The Morgan fingerprint density at radius 3 is 1.67 bits per heavy atom. The normalized spacial score (nSPS) is 14.7. The molecule has 0 aromatic heterocycles. The topological polar surface area (TPSA) is 12.5 Å². The standard InChI is InChI=1S/C22H21NO/c1-22(2)16-10-4-6-12-18(16)23(19-13-7-5-11-17(19)22)20-14-8-9-15-21(20)24-3/h4-15H,1-3H3. The van der Waals surface area contributed by atoms with Gasteiger partial charge in [0.15, 0.2) is 0 Å². The van der Waals surface area contributed by atoms with Crippen LogP contribution < -0.4 is 9.64 Å². The highest BCUT2D eigenvalue weighted by Crippen LogP contribution is 2.52. The lowest BCUT2D eigenvalue weighted by atomic mass is 9.73. The minimum absolute atomic E-state index is 0.0360. The summed E-state index contributed by atoms with van der Waals surface area (Å²) in [5.41, 5.74) is 6.11. The SMILES string of the molecule is COc1ccccc1N1c2ccccc2C(C)(C)c2ccccc21. The molecule has 0 N–H and O–H groups in total. The van der Waals surface area contributed by atoms with Crippen LogP contribution in [0.15, 0.2) is 72.8 Å². The Morgan fingerprint density at radius 1 is 0.667 bits per heavy atom. The zero-order chi connectivity index (χ0) is 16.7. The fraction of sp³-hybridized carbons (Fsp3) is 0.182. The number of para-hydroxylation sites is 4. The van der Waals surface area contributed by atoms with E-state index in [0.29, 0.717) is 0 Å². The lowest BCUT2D eigenvalue weighted by Gasteiger charge is -2.42. The molecule has 0 spiro atoms. The Labute approximate surface area is 143 Å². The van der Waals surface area contributed by atoms with Gasteiger partial charge in [-0.15, -0.1) is 0 Å². The summed E-state index contributed by atoms with van der Waals surface area (Å²) in [5, 5.41) is 0. The van der Waals surface area contributed by atoms with Crippen molar-refractivity contribution in [1.82, 2.24) is 0 Å². The summed E-state index contributed by atoms with van der Waals surface area (Å²) in [7, 11) is 1.73. The van der Waals surface area contributed by atoms with Crippen molar-refractivity contribution in [1.29, 1.82) is 0 Å². The van der Waals surface area contributed by atoms with Gasteiger partial charge in [0, 0.05) is 5.41 Å². The highest BCUT2D eigenvalue weighted by Gasteiger charge is 2.36. The van der Waals surface area contributed by atoms with Crippen LogP contribution in [0.25, 0.3) is 0 Å². The monoisotopic (exact) mass is 315 g/mol. The van der Waals surface area contributed by atoms with Crippen molar-refractivity contribution in [3.8, 4) is 5.75 Å². The molecular formula is C22H21NO. The van der Waals surface area contributed by atoms with Crippen molar-refractivity contribution >= 4 is 17.1 Å². The van der Waals surface area contributed by atoms with Gasteiger partial charge in [0.25, 0.3) is 0 Å². The average Bonchev–Trinajstić information content (AvgIpc) is 2.62. The maximum absolute atomic E-state index is 5.64. The van der Waals surface area contributed by atoms with Crippen LogP contribution in [0.5, 0.6) is 5.75 Å². The molecule has 120 valence electrons. The predicted octanol–water partition coefficient (Wildman–Crippen LogP) is 5.80. The molecule has 3 aromatic carbocycles. The zero-order valence-electron chi connectivity index (χ0n) is 14.3. The molecule has 0 aliphatic carbocycles. The lowest BCUT2D eigenvalue weighted by molar-refractivity contribution is 0.416. The number of anilines is 3. The van der Waals surface area contributed by atoms with Crippen molar-refractivity contribution < 1.29 is 4.74 Å². The summed E-state index contributed by atoms with van der Waals surface area (Å²) < 4.78 is 5.64. The van der Waals surface area contributed by atoms with E-state index >= 15 is 0 Å². The second-order valence-corrected chi connectivity index (χ2v) is 6.67. The molecule has 0 atom stereocenters. The van der Waals surface area contributed by atoms with Gasteiger partial charge in [-0.05, 0) is 35.4 Å². The first-order valence-electron chi connectivity index (χ1n) is 8.27. The number of benzene rings is 3. The molecule has 4 rings (SSSR count). The third-order valence-electron chi connectivity index (χ3n) is 4.96. The molecule has 1 aliphatic rings. The van der Waals surface area contributed by atoms with Crippen LogP contribution in [-0.4, -0.2) is 7.11 Å². The first-order valence-corrected chi connectivity index (χ1v) is 8.27. The Hall–Kier alpha value is -2.74. The molecule has 0 radical (unpaired) electrons. The van der Waals surface area contributed by atoms with Gasteiger partial charge in [-0.3, -0.25) is 0 Å². The van der Waals surface area contributed by atoms with Crippen LogP contribution in [0.2, 0.25) is 0 Å². The van der Waals surface area contributed by atoms with Gasteiger partial charge in [-0.2, -0.15) is 0 Å². The van der Waals surface area contributed by atoms with E-state index in [4.69, 9.17) is 4.74 Å². The summed E-state index contributed by atoms with van der Waals surface area (Å²) in [4.78, 5) is 2.31. The molecular weight excluding hydrogens is 294 g/mol. The van der Waals surface area contributed by atoms with Gasteiger partial charge in [-0.1, -0.05) is 62.4 Å². The smallest absolute Gasteiger partial charge is 0.142 e. The van der Waals surface area contributed by atoms with Crippen molar-refractivity contribution in [2.75, 3.05) is 12.0 Å². The van der Waals surface area contributed by atoms with Crippen LogP contribution >= 0.6 is 0 Å². The third-order valence-corrected chi connectivity index (χ3v) is 4.96. The highest BCUT2D eigenvalue weighted by molar-refractivity contribution is 5.87. The minimum atomic E-state index is -0.0360. The number of nitrogens with zero attached hydrogens (tertiary/aromatic N) is 1. The quantitative estimate of drug-likeness (QED) is 0.592. The fourth-order valence-electron chi connectivity index (χ4n) is 3.74. The van der Waals surface area contributed by atoms with Gasteiger partial charge >= 0.3 is 0 Å².